The first kappa shape index (κ1) is 17.7. The Morgan fingerprint density at radius 3 is 1.75 bits per heavy atom. The Morgan fingerprint density at radius 1 is 0.917 bits per heavy atom. The van der Waals surface area contributed by atoms with Crippen LogP contribution in [0, 0.1) is 5.92 Å². The second-order valence-corrected chi connectivity index (χ2v) is 6.28. The highest BCUT2D eigenvalue weighted by Gasteiger charge is 2.27. The maximum Gasteiger partial charge on any atom is 0.326 e. The van der Waals surface area contributed by atoms with Crippen molar-refractivity contribution in [3.63, 3.8) is 0 Å². The van der Waals surface area contributed by atoms with Crippen LogP contribution in [-0.2, 0) is 9.59 Å². The van der Waals surface area contributed by atoms with Crippen LogP contribution in [0.4, 0.5) is 0 Å². The largest absolute Gasteiger partial charge is 0.480 e. The molecule has 1 atom stereocenters. The van der Waals surface area contributed by atoms with E-state index in [2.05, 4.69) is 5.32 Å². The summed E-state index contributed by atoms with van der Waals surface area (Å²) in [6.45, 7) is 3.88. The van der Waals surface area contributed by atoms with Gasteiger partial charge in [0.1, 0.15) is 6.04 Å². The summed E-state index contributed by atoms with van der Waals surface area (Å²) >= 11 is 0. The van der Waals surface area contributed by atoms with Crippen LogP contribution in [0.2, 0.25) is 0 Å². The van der Waals surface area contributed by atoms with E-state index in [1.807, 2.05) is 74.5 Å². The maximum atomic E-state index is 12.9. The van der Waals surface area contributed by atoms with Crippen molar-refractivity contribution in [2.75, 3.05) is 0 Å². The van der Waals surface area contributed by atoms with Gasteiger partial charge in [0, 0.05) is 0 Å². The predicted molar refractivity (Wildman–Crippen MR) is 93.7 cm³/mol. The molecule has 2 rings (SSSR count). The zero-order valence-corrected chi connectivity index (χ0v) is 14.0. The van der Waals surface area contributed by atoms with Crippen LogP contribution in [0.5, 0.6) is 0 Å². The number of amides is 1. The maximum absolute atomic E-state index is 12.9. The normalized spacial score (nSPS) is 12.2. The molecule has 0 saturated carbocycles. The van der Waals surface area contributed by atoms with Gasteiger partial charge in [-0.1, -0.05) is 74.5 Å². The molecule has 1 amide bonds. The number of hydrogen-bond acceptors (Lipinski definition) is 2. The molecule has 2 aromatic rings. The van der Waals surface area contributed by atoms with Gasteiger partial charge < -0.3 is 10.4 Å². The third-order valence-electron chi connectivity index (χ3n) is 3.85. The van der Waals surface area contributed by atoms with Gasteiger partial charge in [0.15, 0.2) is 0 Å². The molecular weight excluding hydrogens is 302 g/mol. The van der Waals surface area contributed by atoms with Crippen LogP contribution in [0.25, 0.3) is 0 Å². The number of carboxylic acid groups (broad SMARTS) is 1. The molecule has 0 heterocycles. The van der Waals surface area contributed by atoms with Crippen molar-refractivity contribution in [3.05, 3.63) is 71.8 Å². The number of carboxylic acids is 1. The van der Waals surface area contributed by atoms with Gasteiger partial charge in [-0.15, -0.1) is 0 Å². The molecule has 0 aliphatic rings. The highest BCUT2D eigenvalue weighted by molar-refractivity contribution is 5.90. The lowest BCUT2D eigenvalue weighted by atomic mass is 9.90. The second-order valence-electron chi connectivity index (χ2n) is 6.28. The molecule has 0 aliphatic carbocycles. The minimum atomic E-state index is -1.00. The van der Waals surface area contributed by atoms with Crippen molar-refractivity contribution in [1.82, 2.24) is 5.32 Å². The average molecular weight is 325 g/mol. The number of nitrogens with one attached hydrogen (secondary N) is 1. The van der Waals surface area contributed by atoms with Gasteiger partial charge in [-0.05, 0) is 23.5 Å². The van der Waals surface area contributed by atoms with Crippen molar-refractivity contribution >= 4 is 11.9 Å². The molecule has 2 N–H and O–H groups in total. The minimum absolute atomic E-state index is 0.179. The monoisotopic (exact) mass is 325 g/mol. The SMILES string of the molecule is CC(C)CC(NC(=O)C(c1ccccc1)c1ccccc1)C(=O)O. The molecule has 2 aromatic carbocycles. The van der Waals surface area contributed by atoms with E-state index in [1.54, 1.807) is 0 Å². The minimum Gasteiger partial charge on any atom is -0.480 e. The number of benzene rings is 2. The van der Waals surface area contributed by atoms with Crippen molar-refractivity contribution in [1.29, 1.82) is 0 Å². The summed E-state index contributed by atoms with van der Waals surface area (Å²) in [6.07, 6.45) is 0.400. The molecule has 0 aliphatic heterocycles. The number of aliphatic carboxylic acids is 1. The lowest BCUT2D eigenvalue weighted by molar-refractivity contribution is -0.142. The Labute approximate surface area is 142 Å². The van der Waals surface area contributed by atoms with Crippen molar-refractivity contribution in [2.45, 2.75) is 32.2 Å². The first-order valence-electron chi connectivity index (χ1n) is 8.12. The van der Waals surface area contributed by atoms with Crippen LogP contribution in [0.15, 0.2) is 60.7 Å². The lowest BCUT2D eigenvalue weighted by Gasteiger charge is -2.22. The summed E-state index contributed by atoms with van der Waals surface area (Å²) in [7, 11) is 0. The summed E-state index contributed by atoms with van der Waals surface area (Å²) in [6, 6.07) is 17.9. The third-order valence-corrected chi connectivity index (χ3v) is 3.85. The molecule has 0 aromatic heterocycles. The van der Waals surface area contributed by atoms with Gasteiger partial charge in [-0.25, -0.2) is 4.79 Å². The van der Waals surface area contributed by atoms with Crippen molar-refractivity contribution in [2.24, 2.45) is 5.92 Å². The van der Waals surface area contributed by atoms with Crippen LogP contribution in [-0.4, -0.2) is 23.0 Å². The van der Waals surface area contributed by atoms with Gasteiger partial charge in [0.05, 0.1) is 5.92 Å². The van der Waals surface area contributed by atoms with E-state index in [4.69, 9.17) is 0 Å². The van der Waals surface area contributed by atoms with E-state index in [9.17, 15) is 14.7 Å². The molecule has 24 heavy (non-hydrogen) atoms. The van der Waals surface area contributed by atoms with E-state index in [1.165, 1.54) is 0 Å². The summed E-state index contributed by atoms with van der Waals surface area (Å²) in [5.74, 6) is -1.64. The first-order valence-corrected chi connectivity index (χ1v) is 8.12. The van der Waals surface area contributed by atoms with E-state index < -0.39 is 17.9 Å². The molecule has 0 spiro atoms. The van der Waals surface area contributed by atoms with Crippen molar-refractivity contribution in [3.8, 4) is 0 Å². The smallest absolute Gasteiger partial charge is 0.326 e. The van der Waals surface area contributed by atoms with E-state index in [0.717, 1.165) is 11.1 Å². The number of carbonyl (C=O) groups is 2. The van der Waals surface area contributed by atoms with Crippen LogP contribution in [0.1, 0.15) is 37.3 Å². The lowest BCUT2D eigenvalue weighted by Crippen LogP contribution is -2.44. The van der Waals surface area contributed by atoms with Gasteiger partial charge in [-0.2, -0.15) is 0 Å². The van der Waals surface area contributed by atoms with Crippen LogP contribution in [0.3, 0.4) is 0 Å². The predicted octanol–water partition coefficient (Wildman–Crippen LogP) is 3.43. The Hall–Kier alpha value is -2.62. The van der Waals surface area contributed by atoms with Gasteiger partial charge in [-0.3, -0.25) is 4.79 Å². The van der Waals surface area contributed by atoms with Gasteiger partial charge in [0.25, 0.3) is 0 Å². The highest BCUT2D eigenvalue weighted by atomic mass is 16.4. The fourth-order valence-electron chi connectivity index (χ4n) is 2.73. The molecule has 1 unspecified atom stereocenters. The molecule has 4 heteroatoms. The first-order chi connectivity index (χ1) is 11.5. The Morgan fingerprint density at radius 2 is 1.38 bits per heavy atom. The van der Waals surface area contributed by atoms with E-state index in [-0.39, 0.29) is 11.8 Å². The standard InChI is InChI=1S/C20H23NO3/c1-14(2)13-17(20(23)24)21-19(22)18(15-9-5-3-6-10-15)16-11-7-4-8-12-16/h3-12,14,17-18H,13H2,1-2H3,(H,21,22)(H,23,24). The molecule has 0 bridgehead atoms. The summed E-state index contributed by atoms with van der Waals surface area (Å²) < 4.78 is 0. The molecule has 4 nitrogen and oxygen atoms in total. The molecular formula is C20H23NO3. The second kappa shape index (κ2) is 8.29. The third kappa shape index (κ3) is 4.69. The summed E-state index contributed by atoms with van der Waals surface area (Å²) in [4.78, 5) is 24.3. The molecule has 0 radical (unpaired) electrons. The number of carbonyl (C=O) groups excluding carboxylic acids is 1. The van der Waals surface area contributed by atoms with E-state index >= 15 is 0 Å². The summed E-state index contributed by atoms with van der Waals surface area (Å²) in [5.41, 5.74) is 1.68. The highest BCUT2D eigenvalue weighted by Crippen LogP contribution is 2.25. The Kier molecular flexibility index (Phi) is 6.13. The van der Waals surface area contributed by atoms with Crippen molar-refractivity contribution < 1.29 is 14.7 Å². The summed E-state index contributed by atoms with van der Waals surface area (Å²) in [5, 5.41) is 12.1. The van der Waals surface area contributed by atoms with E-state index in [0.29, 0.717) is 6.42 Å². The van der Waals surface area contributed by atoms with Gasteiger partial charge in [0.2, 0.25) is 5.91 Å². The number of hydrogen-bond donors (Lipinski definition) is 2. The average Bonchev–Trinajstić information content (AvgIpc) is 2.56. The Balaban J connectivity index is 2.30. The fraction of sp³-hybridized carbons (Fsp3) is 0.300. The van der Waals surface area contributed by atoms with Crippen LogP contribution < -0.4 is 5.32 Å². The topological polar surface area (TPSA) is 66.4 Å². The fourth-order valence-corrected chi connectivity index (χ4v) is 2.73. The molecule has 126 valence electrons. The van der Waals surface area contributed by atoms with Gasteiger partial charge >= 0.3 is 5.97 Å². The van der Waals surface area contributed by atoms with Crippen LogP contribution >= 0.6 is 0 Å². The zero-order chi connectivity index (χ0) is 17.5. The number of rotatable bonds is 7. The molecule has 0 fully saturated rings. The zero-order valence-electron chi connectivity index (χ0n) is 14.0. The molecule has 0 saturated heterocycles. The Bertz CT molecular complexity index is 628. The quantitative estimate of drug-likeness (QED) is 0.819.